The zero-order chi connectivity index (χ0) is 15.1. The number of hydrogen-bond donors (Lipinski definition) is 2. The lowest BCUT2D eigenvalue weighted by molar-refractivity contribution is -0.132. The van der Waals surface area contributed by atoms with Crippen LogP contribution in [0.1, 0.15) is 24.8 Å². The molecule has 0 unspecified atom stereocenters. The highest BCUT2D eigenvalue weighted by Crippen LogP contribution is 2.13. The second kappa shape index (κ2) is 8.00. The maximum atomic E-state index is 12.0. The molecule has 5 nitrogen and oxygen atoms in total. The first kappa shape index (κ1) is 15.8. The van der Waals surface area contributed by atoms with Gasteiger partial charge in [-0.25, -0.2) is 0 Å². The van der Waals surface area contributed by atoms with Gasteiger partial charge in [-0.1, -0.05) is 12.1 Å². The molecule has 1 amide bonds. The Morgan fingerprint density at radius 1 is 1.43 bits per heavy atom. The van der Waals surface area contributed by atoms with Gasteiger partial charge in [-0.2, -0.15) is 0 Å². The summed E-state index contributed by atoms with van der Waals surface area (Å²) in [6.07, 6.45) is 2.73. The number of rotatable bonds is 6. The summed E-state index contributed by atoms with van der Waals surface area (Å²) in [7, 11) is 1.77. The fourth-order valence-electron chi connectivity index (χ4n) is 2.48. The zero-order valence-electron chi connectivity index (χ0n) is 12.5. The van der Waals surface area contributed by atoms with Crippen molar-refractivity contribution in [2.75, 3.05) is 26.7 Å². The number of ether oxygens (including phenoxy) is 1. The van der Waals surface area contributed by atoms with Crippen molar-refractivity contribution in [1.29, 1.82) is 0 Å². The second-order valence-electron chi connectivity index (χ2n) is 5.49. The average molecular weight is 292 g/mol. The standard InChI is InChI=1S/C16H24N2O3/c1-18(12-13-3-2-4-14(19)11-13)16(20)7-10-21-15-5-8-17-9-6-15/h2-4,11,15,17,19H,5-10,12H2,1H3. The van der Waals surface area contributed by atoms with E-state index in [0.717, 1.165) is 31.5 Å². The fourth-order valence-corrected chi connectivity index (χ4v) is 2.48. The molecule has 2 rings (SSSR count). The van der Waals surface area contributed by atoms with E-state index < -0.39 is 0 Å². The van der Waals surface area contributed by atoms with Crippen LogP contribution in [-0.4, -0.2) is 48.8 Å². The predicted octanol–water partition coefficient (Wildman–Crippen LogP) is 1.51. The molecular formula is C16H24N2O3. The first-order valence-electron chi connectivity index (χ1n) is 7.49. The number of piperidine rings is 1. The van der Waals surface area contributed by atoms with Gasteiger partial charge in [-0.3, -0.25) is 4.79 Å². The summed E-state index contributed by atoms with van der Waals surface area (Å²) in [4.78, 5) is 13.7. The van der Waals surface area contributed by atoms with Crippen molar-refractivity contribution < 1.29 is 14.6 Å². The number of nitrogens with zero attached hydrogens (tertiary/aromatic N) is 1. The van der Waals surface area contributed by atoms with E-state index in [1.54, 1.807) is 30.1 Å². The number of benzene rings is 1. The molecule has 0 radical (unpaired) electrons. The number of nitrogens with one attached hydrogen (secondary N) is 1. The number of hydrogen-bond acceptors (Lipinski definition) is 4. The normalized spacial score (nSPS) is 15.9. The Labute approximate surface area is 125 Å². The predicted molar refractivity (Wildman–Crippen MR) is 81.0 cm³/mol. The van der Waals surface area contributed by atoms with Crippen molar-refractivity contribution in [3.63, 3.8) is 0 Å². The fraction of sp³-hybridized carbons (Fsp3) is 0.562. The summed E-state index contributed by atoms with van der Waals surface area (Å²) in [6, 6.07) is 6.98. The molecule has 21 heavy (non-hydrogen) atoms. The second-order valence-corrected chi connectivity index (χ2v) is 5.49. The lowest BCUT2D eigenvalue weighted by atomic mass is 10.1. The topological polar surface area (TPSA) is 61.8 Å². The third kappa shape index (κ3) is 5.36. The molecule has 1 aromatic carbocycles. The number of amides is 1. The molecule has 1 aliphatic rings. The van der Waals surface area contributed by atoms with E-state index in [1.807, 2.05) is 6.07 Å². The van der Waals surface area contributed by atoms with Gasteiger partial charge in [0.2, 0.25) is 5.91 Å². The molecule has 0 aromatic heterocycles. The van der Waals surface area contributed by atoms with E-state index in [4.69, 9.17) is 4.74 Å². The zero-order valence-corrected chi connectivity index (χ0v) is 12.5. The first-order valence-corrected chi connectivity index (χ1v) is 7.49. The van der Waals surface area contributed by atoms with Gasteiger partial charge in [-0.15, -0.1) is 0 Å². The van der Waals surface area contributed by atoms with Gasteiger partial charge < -0.3 is 20.1 Å². The largest absolute Gasteiger partial charge is 0.508 e. The summed E-state index contributed by atoms with van der Waals surface area (Å²) < 4.78 is 5.75. The lowest BCUT2D eigenvalue weighted by Gasteiger charge is -2.23. The molecule has 0 bridgehead atoms. The quantitative estimate of drug-likeness (QED) is 0.834. The van der Waals surface area contributed by atoms with E-state index in [-0.39, 0.29) is 17.8 Å². The van der Waals surface area contributed by atoms with E-state index in [9.17, 15) is 9.90 Å². The van der Waals surface area contributed by atoms with Crippen LogP contribution in [-0.2, 0) is 16.1 Å². The highest BCUT2D eigenvalue weighted by atomic mass is 16.5. The van der Waals surface area contributed by atoms with Gasteiger partial charge in [0.05, 0.1) is 19.1 Å². The Hall–Kier alpha value is -1.59. The summed E-state index contributed by atoms with van der Waals surface area (Å²) in [5.74, 6) is 0.287. The van der Waals surface area contributed by atoms with Gasteiger partial charge in [0.1, 0.15) is 5.75 Å². The minimum atomic E-state index is 0.0623. The van der Waals surface area contributed by atoms with Gasteiger partial charge in [0, 0.05) is 13.6 Å². The van der Waals surface area contributed by atoms with Crippen LogP contribution in [0.3, 0.4) is 0 Å². The molecule has 0 saturated carbocycles. The van der Waals surface area contributed by atoms with Gasteiger partial charge in [0.25, 0.3) is 0 Å². The first-order chi connectivity index (χ1) is 10.1. The molecule has 1 saturated heterocycles. The Bertz CT molecular complexity index is 459. The average Bonchev–Trinajstić information content (AvgIpc) is 2.48. The van der Waals surface area contributed by atoms with Gasteiger partial charge >= 0.3 is 0 Å². The highest BCUT2D eigenvalue weighted by molar-refractivity contribution is 5.75. The molecule has 5 heteroatoms. The van der Waals surface area contributed by atoms with Crippen LogP contribution in [0.5, 0.6) is 5.75 Å². The molecule has 0 atom stereocenters. The highest BCUT2D eigenvalue weighted by Gasteiger charge is 2.15. The summed E-state index contributed by atoms with van der Waals surface area (Å²) >= 11 is 0. The number of carbonyl (C=O) groups is 1. The third-order valence-electron chi connectivity index (χ3n) is 3.71. The molecule has 1 fully saturated rings. The van der Waals surface area contributed by atoms with E-state index in [2.05, 4.69) is 5.32 Å². The summed E-state index contributed by atoms with van der Waals surface area (Å²) in [5.41, 5.74) is 0.921. The lowest BCUT2D eigenvalue weighted by Crippen LogP contribution is -2.33. The molecule has 1 heterocycles. The SMILES string of the molecule is CN(Cc1cccc(O)c1)C(=O)CCOC1CCNCC1. The van der Waals surface area contributed by atoms with E-state index in [0.29, 0.717) is 19.6 Å². The van der Waals surface area contributed by atoms with Crippen molar-refractivity contribution in [1.82, 2.24) is 10.2 Å². The minimum Gasteiger partial charge on any atom is -0.508 e. The molecule has 116 valence electrons. The van der Waals surface area contributed by atoms with Crippen LogP contribution < -0.4 is 5.32 Å². The van der Waals surface area contributed by atoms with Crippen LogP contribution in [0.4, 0.5) is 0 Å². The van der Waals surface area contributed by atoms with Crippen molar-refractivity contribution in [3.8, 4) is 5.75 Å². The number of aromatic hydroxyl groups is 1. The number of phenols is 1. The molecule has 0 spiro atoms. The Morgan fingerprint density at radius 2 is 2.19 bits per heavy atom. The molecule has 1 aliphatic heterocycles. The van der Waals surface area contributed by atoms with Crippen LogP contribution in [0.15, 0.2) is 24.3 Å². The third-order valence-corrected chi connectivity index (χ3v) is 3.71. The van der Waals surface area contributed by atoms with E-state index in [1.165, 1.54) is 0 Å². The van der Waals surface area contributed by atoms with Crippen molar-refractivity contribution in [2.45, 2.75) is 31.9 Å². The molecule has 2 N–H and O–H groups in total. The number of phenolic OH excluding ortho intramolecular Hbond substituents is 1. The Morgan fingerprint density at radius 3 is 2.90 bits per heavy atom. The van der Waals surface area contributed by atoms with Crippen LogP contribution in [0, 0.1) is 0 Å². The van der Waals surface area contributed by atoms with E-state index >= 15 is 0 Å². The Balaban J connectivity index is 1.69. The van der Waals surface area contributed by atoms with Crippen molar-refractivity contribution >= 4 is 5.91 Å². The van der Waals surface area contributed by atoms with Crippen LogP contribution >= 0.6 is 0 Å². The van der Waals surface area contributed by atoms with Crippen LogP contribution in [0.25, 0.3) is 0 Å². The Kier molecular flexibility index (Phi) is 6.02. The summed E-state index contributed by atoms with van der Waals surface area (Å²) in [6.45, 7) is 2.97. The van der Waals surface area contributed by atoms with Crippen molar-refractivity contribution in [3.05, 3.63) is 29.8 Å². The van der Waals surface area contributed by atoms with Gasteiger partial charge in [-0.05, 0) is 43.6 Å². The maximum absolute atomic E-state index is 12.0. The minimum absolute atomic E-state index is 0.0623. The maximum Gasteiger partial charge on any atom is 0.224 e. The number of carbonyl (C=O) groups excluding carboxylic acids is 1. The summed E-state index contributed by atoms with van der Waals surface area (Å²) in [5, 5.41) is 12.7. The van der Waals surface area contributed by atoms with Crippen LogP contribution in [0.2, 0.25) is 0 Å². The molecular weight excluding hydrogens is 268 g/mol. The molecule has 0 aliphatic carbocycles. The monoisotopic (exact) mass is 292 g/mol. The van der Waals surface area contributed by atoms with Crippen molar-refractivity contribution in [2.24, 2.45) is 0 Å². The molecule has 1 aromatic rings. The van der Waals surface area contributed by atoms with Gasteiger partial charge in [0.15, 0.2) is 0 Å². The smallest absolute Gasteiger partial charge is 0.224 e.